The minimum Gasteiger partial charge on any atom is -0.326 e. The average Bonchev–Trinajstić information content (AvgIpc) is 2.09. The molecule has 13 heavy (non-hydrogen) atoms. The fraction of sp³-hybridized carbons (Fsp3) is 0.455. The maximum Gasteiger partial charge on any atom is 0.0459 e. The predicted molar refractivity (Wildman–Crippen MR) is 59.1 cm³/mol. The molecule has 0 amide bonds. The zero-order valence-electron chi connectivity index (χ0n) is 8.08. The molecule has 1 saturated heterocycles. The van der Waals surface area contributed by atoms with Gasteiger partial charge in [-0.05, 0) is 25.0 Å². The number of nitrogens with two attached hydrogens (primary N) is 1. The van der Waals surface area contributed by atoms with Gasteiger partial charge in [0.05, 0.1) is 0 Å². The van der Waals surface area contributed by atoms with Crippen LogP contribution >= 0.6 is 11.8 Å². The second-order valence-electron chi connectivity index (χ2n) is 3.78. The van der Waals surface area contributed by atoms with Gasteiger partial charge in [-0.2, -0.15) is 11.8 Å². The van der Waals surface area contributed by atoms with Crippen LogP contribution in [0, 0.1) is 13.8 Å². The fourth-order valence-electron chi connectivity index (χ4n) is 1.69. The van der Waals surface area contributed by atoms with Gasteiger partial charge in [-0.3, -0.25) is 0 Å². The Kier molecular flexibility index (Phi) is 2.35. The van der Waals surface area contributed by atoms with E-state index in [0.29, 0.717) is 11.3 Å². The molecule has 70 valence electrons. The molecule has 0 aliphatic carbocycles. The molecule has 0 spiro atoms. The third-order valence-electron chi connectivity index (χ3n) is 2.60. The van der Waals surface area contributed by atoms with E-state index in [4.69, 9.17) is 5.73 Å². The highest BCUT2D eigenvalue weighted by Gasteiger charge is 2.30. The fourth-order valence-corrected chi connectivity index (χ4v) is 2.73. The molecule has 2 heteroatoms. The Labute approximate surface area is 83.7 Å². The molecule has 1 nitrogen and oxygen atoms in total. The molecule has 1 aromatic carbocycles. The lowest BCUT2D eigenvalue weighted by Crippen LogP contribution is -2.38. The molecular formula is C11H15NS. The second kappa shape index (κ2) is 3.35. The molecule has 2 rings (SSSR count). The minimum atomic E-state index is 0.366. The van der Waals surface area contributed by atoms with E-state index in [1.54, 1.807) is 0 Å². The van der Waals surface area contributed by atoms with E-state index in [0.717, 1.165) is 5.75 Å². The molecule has 1 aromatic rings. The highest BCUT2D eigenvalue weighted by Crippen LogP contribution is 2.42. The highest BCUT2D eigenvalue weighted by molar-refractivity contribution is 8.01. The lowest BCUT2D eigenvalue weighted by atomic mass is 9.99. The Balaban J connectivity index is 2.33. The monoisotopic (exact) mass is 193 g/mol. The first-order valence-corrected chi connectivity index (χ1v) is 5.67. The van der Waals surface area contributed by atoms with Crippen LogP contribution in [0.4, 0.5) is 0 Å². The van der Waals surface area contributed by atoms with Crippen molar-refractivity contribution in [1.82, 2.24) is 0 Å². The van der Waals surface area contributed by atoms with Crippen LogP contribution in [0.1, 0.15) is 21.9 Å². The van der Waals surface area contributed by atoms with Crippen LogP contribution in [0.2, 0.25) is 0 Å². The quantitative estimate of drug-likeness (QED) is 0.741. The molecule has 0 aromatic heterocycles. The van der Waals surface area contributed by atoms with Gasteiger partial charge >= 0.3 is 0 Å². The van der Waals surface area contributed by atoms with Crippen LogP contribution < -0.4 is 5.73 Å². The number of hydrogen-bond acceptors (Lipinski definition) is 2. The zero-order valence-corrected chi connectivity index (χ0v) is 8.90. The minimum absolute atomic E-state index is 0.366. The van der Waals surface area contributed by atoms with E-state index < -0.39 is 0 Å². The number of hydrogen-bond donors (Lipinski definition) is 1. The van der Waals surface area contributed by atoms with E-state index in [2.05, 4.69) is 32.0 Å². The first kappa shape index (κ1) is 9.10. The van der Waals surface area contributed by atoms with Crippen molar-refractivity contribution < 1.29 is 0 Å². The SMILES string of the molecule is Cc1ccc(C)c(C2SCC2N)c1. The Morgan fingerprint density at radius 2 is 2.15 bits per heavy atom. The van der Waals surface area contributed by atoms with Crippen molar-refractivity contribution in [1.29, 1.82) is 0 Å². The topological polar surface area (TPSA) is 26.0 Å². The summed E-state index contributed by atoms with van der Waals surface area (Å²) in [6, 6.07) is 6.99. The van der Waals surface area contributed by atoms with Crippen molar-refractivity contribution in [3.8, 4) is 0 Å². The number of thioether (sulfide) groups is 1. The van der Waals surface area contributed by atoms with E-state index >= 15 is 0 Å². The van der Waals surface area contributed by atoms with Crippen LogP contribution in [0.5, 0.6) is 0 Å². The summed E-state index contributed by atoms with van der Waals surface area (Å²) >= 11 is 1.96. The van der Waals surface area contributed by atoms with Crippen LogP contribution in [-0.2, 0) is 0 Å². The van der Waals surface area contributed by atoms with Crippen molar-refractivity contribution in [2.45, 2.75) is 25.1 Å². The summed E-state index contributed by atoms with van der Waals surface area (Å²) < 4.78 is 0. The highest BCUT2D eigenvalue weighted by atomic mass is 32.2. The molecule has 2 unspecified atom stereocenters. The van der Waals surface area contributed by atoms with Gasteiger partial charge in [-0.15, -0.1) is 0 Å². The number of aryl methyl sites for hydroxylation is 2. The van der Waals surface area contributed by atoms with Gasteiger partial charge in [0.2, 0.25) is 0 Å². The van der Waals surface area contributed by atoms with Crippen molar-refractivity contribution in [2.75, 3.05) is 5.75 Å². The summed E-state index contributed by atoms with van der Waals surface area (Å²) in [5.41, 5.74) is 10.1. The summed E-state index contributed by atoms with van der Waals surface area (Å²) in [4.78, 5) is 0. The number of benzene rings is 1. The van der Waals surface area contributed by atoms with E-state index in [1.807, 2.05) is 11.8 Å². The lowest BCUT2D eigenvalue weighted by molar-refractivity contribution is 0.683. The molecule has 0 radical (unpaired) electrons. The van der Waals surface area contributed by atoms with Crippen LogP contribution in [-0.4, -0.2) is 11.8 Å². The van der Waals surface area contributed by atoms with Gasteiger partial charge in [0.15, 0.2) is 0 Å². The van der Waals surface area contributed by atoms with E-state index in [9.17, 15) is 0 Å². The summed E-state index contributed by atoms with van der Waals surface area (Å²) in [6.07, 6.45) is 0. The third kappa shape index (κ3) is 1.61. The zero-order chi connectivity index (χ0) is 9.42. The van der Waals surface area contributed by atoms with Crippen LogP contribution in [0.25, 0.3) is 0 Å². The lowest BCUT2D eigenvalue weighted by Gasteiger charge is -2.34. The van der Waals surface area contributed by atoms with Gasteiger partial charge in [-0.1, -0.05) is 23.8 Å². The van der Waals surface area contributed by atoms with Crippen molar-refractivity contribution in [3.05, 3.63) is 34.9 Å². The summed E-state index contributed by atoms with van der Waals surface area (Å²) in [5, 5.41) is 0.542. The molecule has 1 fully saturated rings. The van der Waals surface area contributed by atoms with Crippen molar-refractivity contribution in [3.63, 3.8) is 0 Å². The van der Waals surface area contributed by atoms with Crippen molar-refractivity contribution >= 4 is 11.8 Å². The van der Waals surface area contributed by atoms with Gasteiger partial charge < -0.3 is 5.73 Å². The molecule has 1 aliphatic rings. The normalized spacial score (nSPS) is 27.0. The standard InChI is InChI=1S/C11H15NS/c1-7-3-4-8(2)9(5-7)11-10(12)6-13-11/h3-5,10-11H,6,12H2,1-2H3. The molecule has 2 N–H and O–H groups in total. The van der Waals surface area contributed by atoms with Gasteiger partial charge in [0, 0.05) is 17.0 Å². The Bertz CT molecular complexity index is 322. The molecule has 0 bridgehead atoms. The van der Waals surface area contributed by atoms with E-state index in [1.165, 1.54) is 16.7 Å². The first-order valence-electron chi connectivity index (χ1n) is 4.63. The predicted octanol–water partition coefficient (Wildman–Crippen LogP) is 2.42. The molecule has 1 aliphatic heterocycles. The maximum absolute atomic E-state index is 5.95. The van der Waals surface area contributed by atoms with Gasteiger partial charge in [-0.25, -0.2) is 0 Å². The summed E-state index contributed by atoms with van der Waals surface area (Å²) in [7, 11) is 0. The van der Waals surface area contributed by atoms with Crippen LogP contribution in [0.3, 0.4) is 0 Å². The summed E-state index contributed by atoms with van der Waals surface area (Å²) in [6.45, 7) is 4.30. The molecule has 1 heterocycles. The first-order chi connectivity index (χ1) is 6.18. The molecular weight excluding hydrogens is 178 g/mol. The Hall–Kier alpha value is -0.470. The Morgan fingerprint density at radius 1 is 1.38 bits per heavy atom. The second-order valence-corrected chi connectivity index (χ2v) is 4.95. The largest absolute Gasteiger partial charge is 0.326 e. The molecule has 2 atom stereocenters. The van der Waals surface area contributed by atoms with Crippen LogP contribution in [0.15, 0.2) is 18.2 Å². The maximum atomic E-state index is 5.95. The van der Waals surface area contributed by atoms with Gasteiger partial charge in [0.1, 0.15) is 0 Å². The van der Waals surface area contributed by atoms with Gasteiger partial charge in [0.25, 0.3) is 0 Å². The van der Waals surface area contributed by atoms with Crippen molar-refractivity contribution in [2.24, 2.45) is 5.73 Å². The third-order valence-corrected chi connectivity index (χ3v) is 4.14. The van der Waals surface area contributed by atoms with E-state index in [-0.39, 0.29) is 0 Å². The molecule has 0 saturated carbocycles. The summed E-state index contributed by atoms with van der Waals surface area (Å²) in [5.74, 6) is 1.11. The smallest absolute Gasteiger partial charge is 0.0459 e. The number of rotatable bonds is 1. The average molecular weight is 193 g/mol. The Morgan fingerprint density at radius 3 is 2.69 bits per heavy atom.